The summed E-state index contributed by atoms with van der Waals surface area (Å²) in [5.41, 5.74) is 4.76. The van der Waals surface area contributed by atoms with E-state index in [1.807, 2.05) is 17.5 Å². The van der Waals surface area contributed by atoms with E-state index in [2.05, 4.69) is 4.74 Å². The minimum Gasteiger partial charge on any atom is -0.467 e. The second-order valence-corrected chi connectivity index (χ2v) is 3.62. The van der Waals surface area contributed by atoms with Crippen LogP contribution in [-0.4, -0.2) is 13.1 Å². The third-order valence-electron chi connectivity index (χ3n) is 1.64. The van der Waals surface area contributed by atoms with Crippen LogP contribution in [0.3, 0.4) is 0 Å². The summed E-state index contributed by atoms with van der Waals surface area (Å²) in [6.45, 7) is 1.64. The maximum Gasteiger partial charge on any atom is 0.331 e. The molecule has 1 heterocycles. The lowest BCUT2D eigenvalue weighted by atomic mass is 10.0. The summed E-state index contributed by atoms with van der Waals surface area (Å²) in [6, 6.07) is 3.68. The van der Waals surface area contributed by atoms with Crippen LogP contribution < -0.4 is 5.73 Å². The highest BCUT2D eigenvalue weighted by Crippen LogP contribution is 2.23. The zero-order valence-electron chi connectivity index (χ0n) is 7.03. The number of thiophene rings is 1. The van der Waals surface area contributed by atoms with Crippen molar-refractivity contribution in [3.8, 4) is 0 Å². The summed E-state index contributed by atoms with van der Waals surface area (Å²) in [5.74, 6) is -0.412. The Kier molecular flexibility index (Phi) is 2.49. The molecule has 0 fully saturated rings. The zero-order valence-corrected chi connectivity index (χ0v) is 7.85. The average Bonchev–Trinajstić information content (AvgIpc) is 2.55. The first-order chi connectivity index (χ1) is 5.59. The van der Waals surface area contributed by atoms with Crippen molar-refractivity contribution in [1.82, 2.24) is 0 Å². The number of rotatable bonds is 2. The van der Waals surface area contributed by atoms with E-state index in [1.165, 1.54) is 18.4 Å². The van der Waals surface area contributed by atoms with Gasteiger partial charge in [0.25, 0.3) is 0 Å². The second kappa shape index (κ2) is 3.25. The van der Waals surface area contributed by atoms with E-state index in [0.717, 1.165) is 4.88 Å². The molecule has 0 amide bonds. The maximum absolute atomic E-state index is 11.2. The van der Waals surface area contributed by atoms with Gasteiger partial charge in [0, 0.05) is 4.88 Å². The van der Waals surface area contributed by atoms with E-state index in [4.69, 9.17) is 5.73 Å². The highest BCUT2D eigenvalue weighted by molar-refractivity contribution is 7.10. The molecule has 0 spiro atoms. The molecule has 0 radical (unpaired) electrons. The molecule has 0 unspecified atom stereocenters. The Morgan fingerprint density at radius 3 is 2.83 bits per heavy atom. The molecular weight excluding hydrogens is 174 g/mol. The van der Waals surface area contributed by atoms with E-state index in [1.54, 1.807) is 6.92 Å². The van der Waals surface area contributed by atoms with Gasteiger partial charge < -0.3 is 10.5 Å². The first-order valence-corrected chi connectivity index (χ1v) is 4.38. The van der Waals surface area contributed by atoms with E-state index < -0.39 is 11.5 Å². The summed E-state index contributed by atoms with van der Waals surface area (Å²) in [4.78, 5) is 12.0. The summed E-state index contributed by atoms with van der Waals surface area (Å²) in [5, 5.41) is 1.88. The van der Waals surface area contributed by atoms with Crippen molar-refractivity contribution in [2.45, 2.75) is 12.5 Å². The summed E-state index contributed by atoms with van der Waals surface area (Å²) >= 11 is 1.45. The molecule has 1 aromatic rings. The standard InChI is InChI=1S/C8H11NO2S/c1-8(9,7(10)11-2)6-4-3-5-12-6/h3-5H,9H2,1-2H3/t8-/m0/s1. The number of methoxy groups -OCH3 is 1. The zero-order chi connectivity index (χ0) is 9.19. The predicted molar refractivity (Wildman–Crippen MR) is 47.9 cm³/mol. The van der Waals surface area contributed by atoms with Gasteiger partial charge in [-0.1, -0.05) is 6.07 Å². The molecule has 2 N–H and O–H groups in total. The monoisotopic (exact) mass is 185 g/mol. The average molecular weight is 185 g/mol. The Hall–Kier alpha value is -0.870. The Morgan fingerprint density at radius 1 is 1.75 bits per heavy atom. The molecule has 0 bridgehead atoms. The summed E-state index contributed by atoms with van der Waals surface area (Å²) in [7, 11) is 1.33. The molecule has 0 aliphatic rings. The van der Waals surface area contributed by atoms with Crippen molar-refractivity contribution >= 4 is 17.3 Å². The Morgan fingerprint density at radius 2 is 2.42 bits per heavy atom. The fourth-order valence-corrected chi connectivity index (χ4v) is 1.68. The lowest BCUT2D eigenvalue weighted by Crippen LogP contribution is -2.41. The number of hydrogen-bond acceptors (Lipinski definition) is 4. The Balaban J connectivity index is 2.93. The molecule has 4 heteroatoms. The fraction of sp³-hybridized carbons (Fsp3) is 0.375. The SMILES string of the molecule is COC(=O)[C@@](C)(N)c1cccs1. The van der Waals surface area contributed by atoms with Crippen molar-refractivity contribution < 1.29 is 9.53 Å². The van der Waals surface area contributed by atoms with Crippen LogP contribution in [0, 0.1) is 0 Å². The molecule has 12 heavy (non-hydrogen) atoms. The van der Waals surface area contributed by atoms with Crippen LogP contribution in [-0.2, 0) is 15.1 Å². The van der Waals surface area contributed by atoms with Gasteiger partial charge in [0.2, 0.25) is 0 Å². The van der Waals surface area contributed by atoms with Crippen LogP contribution in [0.15, 0.2) is 17.5 Å². The molecule has 0 saturated carbocycles. The minimum atomic E-state index is -1.01. The topological polar surface area (TPSA) is 52.3 Å². The molecule has 1 atom stereocenters. The second-order valence-electron chi connectivity index (χ2n) is 2.67. The Bertz CT molecular complexity index is 267. The van der Waals surface area contributed by atoms with E-state index in [-0.39, 0.29) is 0 Å². The van der Waals surface area contributed by atoms with Gasteiger partial charge in [0.05, 0.1) is 7.11 Å². The first kappa shape index (κ1) is 9.22. The molecule has 0 aromatic carbocycles. The number of esters is 1. The number of nitrogens with two attached hydrogens (primary N) is 1. The minimum absolute atomic E-state index is 0.412. The van der Waals surface area contributed by atoms with Gasteiger partial charge in [-0.05, 0) is 18.4 Å². The van der Waals surface area contributed by atoms with E-state index in [9.17, 15) is 4.79 Å². The molecule has 0 aliphatic heterocycles. The van der Waals surface area contributed by atoms with Crippen LogP contribution >= 0.6 is 11.3 Å². The number of carbonyl (C=O) groups excluding carboxylic acids is 1. The molecule has 3 nitrogen and oxygen atoms in total. The largest absolute Gasteiger partial charge is 0.467 e. The van der Waals surface area contributed by atoms with Crippen molar-refractivity contribution in [2.75, 3.05) is 7.11 Å². The van der Waals surface area contributed by atoms with Gasteiger partial charge in [-0.25, -0.2) is 4.79 Å². The summed E-state index contributed by atoms with van der Waals surface area (Å²) < 4.78 is 4.58. The lowest BCUT2D eigenvalue weighted by Gasteiger charge is -2.19. The lowest BCUT2D eigenvalue weighted by molar-refractivity contribution is -0.146. The smallest absolute Gasteiger partial charge is 0.331 e. The number of hydrogen-bond donors (Lipinski definition) is 1. The molecule has 66 valence electrons. The fourth-order valence-electron chi connectivity index (χ4n) is 0.887. The van der Waals surface area contributed by atoms with Gasteiger partial charge >= 0.3 is 5.97 Å². The van der Waals surface area contributed by atoms with Crippen LogP contribution in [0.1, 0.15) is 11.8 Å². The third kappa shape index (κ3) is 1.49. The molecule has 1 aromatic heterocycles. The van der Waals surface area contributed by atoms with Crippen molar-refractivity contribution in [3.05, 3.63) is 22.4 Å². The van der Waals surface area contributed by atoms with Gasteiger partial charge in [-0.2, -0.15) is 0 Å². The number of carbonyl (C=O) groups is 1. The van der Waals surface area contributed by atoms with Gasteiger partial charge in [-0.15, -0.1) is 11.3 Å². The molecule has 0 aliphatic carbocycles. The van der Waals surface area contributed by atoms with Crippen molar-refractivity contribution in [3.63, 3.8) is 0 Å². The van der Waals surface area contributed by atoms with E-state index >= 15 is 0 Å². The molecule has 1 rings (SSSR count). The number of ether oxygens (including phenoxy) is 1. The van der Waals surface area contributed by atoms with E-state index in [0.29, 0.717) is 0 Å². The molecule has 0 saturated heterocycles. The van der Waals surface area contributed by atoms with Gasteiger partial charge in [0.15, 0.2) is 0 Å². The first-order valence-electron chi connectivity index (χ1n) is 3.50. The van der Waals surface area contributed by atoms with Crippen molar-refractivity contribution in [2.24, 2.45) is 5.73 Å². The van der Waals surface area contributed by atoms with Crippen LogP contribution in [0.25, 0.3) is 0 Å². The van der Waals surface area contributed by atoms with Crippen LogP contribution in [0.2, 0.25) is 0 Å². The highest BCUT2D eigenvalue weighted by Gasteiger charge is 2.32. The maximum atomic E-state index is 11.2. The van der Waals surface area contributed by atoms with Crippen molar-refractivity contribution in [1.29, 1.82) is 0 Å². The van der Waals surface area contributed by atoms with Crippen LogP contribution in [0.4, 0.5) is 0 Å². The Labute approximate surface area is 75.1 Å². The predicted octanol–water partition coefficient (Wildman–Crippen LogP) is 1.09. The summed E-state index contributed by atoms with van der Waals surface area (Å²) in [6.07, 6.45) is 0. The third-order valence-corrected chi connectivity index (χ3v) is 2.75. The normalized spacial score (nSPS) is 15.2. The van der Waals surface area contributed by atoms with Crippen LogP contribution in [0.5, 0.6) is 0 Å². The van der Waals surface area contributed by atoms with Gasteiger partial charge in [0.1, 0.15) is 5.54 Å². The highest BCUT2D eigenvalue weighted by atomic mass is 32.1. The molecular formula is C8H11NO2S. The quantitative estimate of drug-likeness (QED) is 0.702. The van der Waals surface area contributed by atoms with Gasteiger partial charge in [-0.3, -0.25) is 0 Å².